The van der Waals surface area contributed by atoms with Gasteiger partial charge in [0.1, 0.15) is 5.82 Å². The predicted molar refractivity (Wildman–Crippen MR) is 119 cm³/mol. The second-order valence-electron chi connectivity index (χ2n) is 7.14. The van der Waals surface area contributed by atoms with Crippen molar-refractivity contribution in [2.75, 3.05) is 36.6 Å². The molecule has 1 atom stereocenters. The molecule has 9 nitrogen and oxygen atoms in total. The summed E-state index contributed by atoms with van der Waals surface area (Å²) in [5.74, 6) is 1.86. The quantitative estimate of drug-likeness (QED) is 0.461. The van der Waals surface area contributed by atoms with Crippen molar-refractivity contribution >= 4 is 17.9 Å². The van der Waals surface area contributed by atoms with Crippen LogP contribution in [0.2, 0.25) is 0 Å². The Morgan fingerprint density at radius 2 is 1.94 bits per heavy atom. The molecular weight excluding hydrogens is 394 g/mol. The Morgan fingerprint density at radius 3 is 2.71 bits per heavy atom. The van der Waals surface area contributed by atoms with Crippen LogP contribution in [-0.4, -0.2) is 52.5 Å². The summed E-state index contributed by atoms with van der Waals surface area (Å²) in [6.45, 7) is 6.72. The standard InChI is InChI=1S/C22H25N7O2/c1-16-5-3-6-18(13-16)15-25-28-19-14-20(29-9-11-30-12-10-29)27-22(26-19)31-17(2)21-23-7-4-8-24-21/h3-8,13-15,17H,9-12H2,1-2H3,(H,26,27,28)/b25-15+. The minimum atomic E-state index is -0.398. The first-order valence-corrected chi connectivity index (χ1v) is 10.2. The van der Waals surface area contributed by atoms with Crippen LogP contribution >= 0.6 is 0 Å². The van der Waals surface area contributed by atoms with Crippen LogP contribution in [0.3, 0.4) is 0 Å². The lowest BCUT2D eigenvalue weighted by Gasteiger charge is -2.28. The maximum absolute atomic E-state index is 5.96. The Labute approximate surface area is 181 Å². The Morgan fingerprint density at radius 1 is 1.13 bits per heavy atom. The third-order valence-electron chi connectivity index (χ3n) is 4.69. The zero-order chi connectivity index (χ0) is 21.5. The van der Waals surface area contributed by atoms with Gasteiger partial charge in [-0.3, -0.25) is 5.43 Å². The first-order chi connectivity index (χ1) is 15.2. The number of aryl methyl sites for hydroxylation is 1. The number of benzene rings is 1. The zero-order valence-electron chi connectivity index (χ0n) is 17.6. The van der Waals surface area contributed by atoms with E-state index in [1.165, 1.54) is 5.56 Å². The van der Waals surface area contributed by atoms with Crippen LogP contribution in [0.4, 0.5) is 11.6 Å². The Bertz CT molecular complexity index is 1020. The molecule has 1 aromatic carbocycles. The molecule has 0 aliphatic carbocycles. The van der Waals surface area contributed by atoms with Gasteiger partial charge < -0.3 is 14.4 Å². The SMILES string of the molecule is Cc1cccc(/C=N/Nc2cc(N3CCOCC3)nc(OC(C)c3ncccn3)n2)c1. The average molecular weight is 419 g/mol. The highest BCUT2D eigenvalue weighted by Gasteiger charge is 2.18. The highest BCUT2D eigenvalue weighted by molar-refractivity contribution is 5.80. The molecule has 160 valence electrons. The molecule has 0 saturated carbocycles. The number of hydrazone groups is 1. The fourth-order valence-electron chi connectivity index (χ4n) is 3.13. The van der Waals surface area contributed by atoms with Crippen molar-refractivity contribution in [2.24, 2.45) is 5.10 Å². The van der Waals surface area contributed by atoms with Crippen molar-refractivity contribution in [1.82, 2.24) is 19.9 Å². The van der Waals surface area contributed by atoms with E-state index in [2.05, 4.69) is 41.4 Å². The fraction of sp³-hybridized carbons (Fsp3) is 0.318. The molecule has 0 spiro atoms. The van der Waals surface area contributed by atoms with Gasteiger partial charge in [0.2, 0.25) is 0 Å². The molecule has 9 heteroatoms. The maximum Gasteiger partial charge on any atom is 0.321 e. The van der Waals surface area contributed by atoms with Crippen molar-refractivity contribution in [3.05, 3.63) is 65.7 Å². The third-order valence-corrected chi connectivity index (χ3v) is 4.69. The molecule has 2 aromatic heterocycles. The molecular formula is C22H25N7O2. The number of hydrogen-bond acceptors (Lipinski definition) is 9. The number of ether oxygens (including phenoxy) is 2. The van der Waals surface area contributed by atoms with Crippen LogP contribution in [0.1, 0.15) is 30.0 Å². The van der Waals surface area contributed by atoms with E-state index in [9.17, 15) is 0 Å². The molecule has 0 bridgehead atoms. The molecule has 1 aliphatic rings. The maximum atomic E-state index is 5.96. The molecule has 31 heavy (non-hydrogen) atoms. The second kappa shape index (κ2) is 9.94. The number of hydrogen-bond donors (Lipinski definition) is 1. The summed E-state index contributed by atoms with van der Waals surface area (Å²) >= 11 is 0. The van der Waals surface area contributed by atoms with E-state index in [0.717, 1.165) is 24.5 Å². The third kappa shape index (κ3) is 5.73. The summed E-state index contributed by atoms with van der Waals surface area (Å²) in [6, 6.07) is 11.9. The molecule has 1 aliphatic heterocycles. The zero-order valence-corrected chi connectivity index (χ0v) is 17.6. The van der Waals surface area contributed by atoms with Gasteiger partial charge in [-0.15, -0.1) is 0 Å². The number of nitrogens with one attached hydrogen (secondary N) is 1. The first-order valence-electron chi connectivity index (χ1n) is 10.2. The lowest BCUT2D eigenvalue weighted by atomic mass is 10.2. The molecule has 1 fully saturated rings. The van der Waals surface area contributed by atoms with E-state index in [1.807, 2.05) is 38.1 Å². The van der Waals surface area contributed by atoms with Gasteiger partial charge >= 0.3 is 6.01 Å². The Balaban J connectivity index is 1.55. The summed E-state index contributed by atoms with van der Waals surface area (Å²) in [5.41, 5.74) is 5.17. The summed E-state index contributed by atoms with van der Waals surface area (Å²) in [7, 11) is 0. The molecule has 1 N–H and O–H groups in total. The molecule has 0 radical (unpaired) electrons. The van der Waals surface area contributed by atoms with E-state index in [4.69, 9.17) is 9.47 Å². The monoisotopic (exact) mass is 419 g/mol. The van der Waals surface area contributed by atoms with Crippen molar-refractivity contribution in [2.45, 2.75) is 20.0 Å². The van der Waals surface area contributed by atoms with E-state index in [1.54, 1.807) is 24.7 Å². The molecule has 3 aromatic rings. The highest BCUT2D eigenvalue weighted by Crippen LogP contribution is 2.23. The molecule has 0 amide bonds. The van der Waals surface area contributed by atoms with Crippen molar-refractivity contribution in [3.8, 4) is 6.01 Å². The van der Waals surface area contributed by atoms with Gasteiger partial charge in [0, 0.05) is 31.5 Å². The average Bonchev–Trinajstić information content (AvgIpc) is 2.80. The summed E-state index contributed by atoms with van der Waals surface area (Å²) < 4.78 is 11.4. The molecule has 1 unspecified atom stereocenters. The normalized spacial score (nSPS) is 15.1. The van der Waals surface area contributed by atoms with Crippen LogP contribution < -0.4 is 15.1 Å². The summed E-state index contributed by atoms with van der Waals surface area (Å²) in [6.07, 6.45) is 4.72. The van der Waals surface area contributed by atoms with Crippen molar-refractivity contribution < 1.29 is 9.47 Å². The van der Waals surface area contributed by atoms with Gasteiger partial charge in [0.15, 0.2) is 17.7 Å². The largest absolute Gasteiger partial charge is 0.452 e. The Kier molecular flexibility index (Phi) is 6.63. The van der Waals surface area contributed by atoms with Crippen molar-refractivity contribution in [1.29, 1.82) is 0 Å². The Hall–Kier alpha value is -3.59. The molecule has 3 heterocycles. The number of aromatic nitrogens is 4. The minimum Gasteiger partial charge on any atom is -0.452 e. The van der Waals surface area contributed by atoms with E-state index >= 15 is 0 Å². The van der Waals surface area contributed by atoms with Gasteiger partial charge in [0.25, 0.3) is 0 Å². The fourth-order valence-corrected chi connectivity index (χ4v) is 3.13. The molecule has 1 saturated heterocycles. The van der Waals surface area contributed by atoms with Gasteiger partial charge in [-0.1, -0.05) is 29.8 Å². The van der Waals surface area contributed by atoms with Crippen LogP contribution in [0.5, 0.6) is 6.01 Å². The van der Waals surface area contributed by atoms with Crippen LogP contribution in [-0.2, 0) is 4.74 Å². The van der Waals surface area contributed by atoms with Crippen LogP contribution in [0, 0.1) is 6.92 Å². The van der Waals surface area contributed by atoms with Crippen molar-refractivity contribution in [3.63, 3.8) is 0 Å². The number of morpholine rings is 1. The van der Waals surface area contributed by atoms with Gasteiger partial charge in [-0.2, -0.15) is 15.1 Å². The van der Waals surface area contributed by atoms with E-state index in [-0.39, 0.29) is 6.01 Å². The number of nitrogens with zero attached hydrogens (tertiary/aromatic N) is 6. The smallest absolute Gasteiger partial charge is 0.321 e. The van der Waals surface area contributed by atoms with Gasteiger partial charge in [0.05, 0.1) is 19.4 Å². The minimum absolute atomic E-state index is 0.234. The second-order valence-corrected chi connectivity index (χ2v) is 7.14. The van der Waals surface area contributed by atoms with E-state index < -0.39 is 6.10 Å². The topological polar surface area (TPSA) is 97.7 Å². The highest BCUT2D eigenvalue weighted by atomic mass is 16.5. The van der Waals surface area contributed by atoms with Gasteiger partial charge in [-0.25, -0.2) is 9.97 Å². The van der Waals surface area contributed by atoms with Crippen LogP contribution in [0.25, 0.3) is 0 Å². The summed E-state index contributed by atoms with van der Waals surface area (Å²) in [5, 5.41) is 4.33. The molecule has 4 rings (SSSR count). The number of anilines is 2. The first kappa shape index (κ1) is 20.7. The van der Waals surface area contributed by atoms with Crippen LogP contribution in [0.15, 0.2) is 53.9 Å². The predicted octanol–water partition coefficient (Wildman–Crippen LogP) is 3.00. The van der Waals surface area contributed by atoms with Gasteiger partial charge in [-0.05, 0) is 25.5 Å². The number of rotatable bonds is 7. The lowest BCUT2D eigenvalue weighted by Crippen LogP contribution is -2.36. The summed E-state index contributed by atoms with van der Waals surface area (Å²) in [4.78, 5) is 19.7. The van der Waals surface area contributed by atoms with E-state index in [0.29, 0.717) is 24.9 Å². The lowest BCUT2D eigenvalue weighted by molar-refractivity contribution is 0.122.